The van der Waals surface area contributed by atoms with E-state index in [2.05, 4.69) is 239 Å². The molecule has 0 radical (unpaired) electrons. The summed E-state index contributed by atoms with van der Waals surface area (Å²) in [4.78, 5) is 20.6. The topological polar surface area (TPSA) is 45.2 Å². The second-order valence-corrected chi connectivity index (χ2v) is 17.7. The first kappa shape index (κ1) is 43.5. The minimum atomic E-state index is 0.509. The van der Waals surface area contributed by atoms with Gasteiger partial charge in [0.2, 0.25) is 5.95 Å². The molecule has 0 atom stereocenters. The number of nitrogens with zero attached hydrogens (tertiary/aromatic N) is 5. The number of benzene rings is 9. The molecular weight excluding hydrogens is 827 g/mol. The quantitative estimate of drug-likeness (QED) is 0.130. The zero-order chi connectivity index (χ0) is 46.7. The maximum Gasteiger partial charge on any atom is 0.238 e. The maximum atomic E-state index is 5.41. The van der Waals surface area contributed by atoms with Crippen LogP contribution in [0.15, 0.2) is 212 Å². The lowest BCUT2D eigenvalue weighted by Crippen LogP contribution is -2.17. The predicted octanol–water partition coefficient (Wildman–Crippen LogP) is 17.0. The number of aryl methyl sites for hydroxylation is 6. The first-order valence-corrected chi connectivity index (χ1v) is 23.3. The summed E-state index contributed by atoms with van der Waals surface area (Å²) in [6.45, 7) is 13.2. The van der Waals surface area contributed by atoms with Crippen LogP contribution in [0.25, 0.3) is 56.2 Å². The molecule has 10 aromatic rings. The predicted molar refractivity (Wildman–Crippen MR) is 285 cm³/mol. The van der Waals surface area contributed by atoms with Gasteiger partial charge in [0.1, 0.15) is 0 Å². The van der Waals surface area contributed by atoms with Crippen molar-refractivity contribution in [3.05, 3.63) is 246 Å². The third-order valence-electron chi connectivity index (χ3n) is 12.6. The largest absolute Gasteiger partial charge is 0.309 e. The molecule has 1 aromatic heterocycles. The van der Waals surface area contributed by atoms with Gasteiger partial charge < -0.3 is 4.90 Å². The molecule has 1 heterocycles. The Hall–Kier alpha value is -8.41. The fourth-order valence-corrected chi connectivity index (χ4v) is 9.79. The third kappa shape index (κ3) is 8.70. The van der Waals surface area contributed by atoms with Crippen molar-refractivity contribution in [2.24, 2.45) is 0 Å². The Bertz CT molecular complexity index is 3280. The van der Waals surface area contributed by atoms with E-state index in [9.17, 15) is 0 Å². The number of hydrogen-bond acceptors (Lipinski definition) is 5. The molecule has 330 valence electrons. The fourth-order valence-electron chi connectivity index (χ4n) is 9.79. The molecule has 9 aromatic carbocycles. The van der Waals surface area contributed by atoms with Gasteiger partial charge in [0.15, 0.2) is 11.6 Å². The molecule has 0 saturated carbocycles. The van der Waals surface area contributed by atoms with Crippen LogP contribution in [0.4, 0.5) is 34.4 Å². The Balaban J connectivity index is 1.17. The summed E-state index contributed by atoms with van der Waals surface area (Å²) in [6, 6.07) is 74.9. The highest BCUT2D eigenvalue weighted by Crippen LogP contribution is 2.45. The van der Waals surface area contributed by atoms with E-state index in [-0.39, 0.29) is 0 Å². The molecule has 0 saturated heterocycles. The molecule has 0 spiro atoms. The summed E-state index contributed by atoms with van der Waals surface area (Å²) >= 11 is 0. The van der Waals surface area contributed by atoms with Crippen LogP contribution in [0, 0.1) is 41.5 Å². The van der Waals surface area contributed by atoms with Crippen molar-refractivity contribution in [1.82, 2.24) is 15.0 Å². The highest BCUT2D eigenvalue weighted by molar-refractivity contribution is 5.88. The molecule has 68 heavy (non-hydrogen) atoms. The number of rotatable bonds is 11. The number of hydrogen-bond donors (Lipinski definition) is 0. The average molecular weight is 880 g/mol. The SMILES string of the molecule is Cc1cc(C)c(N(c2ccc(N(c3ccc(-c4ccccc4-c4ccccc4)cc3)c3nc(-c4ccccc4)nc(-c4ccccc4-c4ccccc4)n3)cc2)c2c(C)cc(C)cc2C)c(C)c1. The zero-order valence-corrected chi connectivity index (χ0v) is 39.4. The molecule has 0 aliphatic heterocycles. The lowest BCUT2D eigenvalue weighted by atomic mass is 9.94. The molecule has 5 heteroatoms. The maximum absolute atomic E-state index is 5.41. The number of anilines is 6. The van der Waals surface area contributed by atoms with Crippen LogP contribution in [0.5, 0.6) is 0 Å². The summed E-state index contributed by atoms with van der Waals surface area (Å²) in [5, 5.41) is 0. The van der Waals surface area contributed by atoms with Gasteiger partial charge in [-0.2, -0.15) is 9.97 Å². The van der Waals surface area contributed by atoms with E-state index in [1.165, 1.54) is 55.9 Å². The molecule has 0 bridgehead atoms. The summed E-state index contributed by atoms with van der Waals surface area (Å²) < 4.78 is 0. The molecule has 0 amide bonds. The minimum Gasteiger partial charge on any atom is -0.309 e. The molecule has 0 fully saturated rings. The van der Waals surface area contributed by atoms with Gasteiger partial charge in [-0.25, -0.2) is 4.98 Å². The van der Waals surface area contributed by atoms with E-state index >= 15 is 0 Å². The summed E-state index contributed by atoms with van der Waals surface area (Å²) in [7, 11) is 0. The van der Waals surface area contributed by atoms with Gasteiger partial charge in [-0.3, -0.25) is 4.90 Å². The molecule has 0 aliphatic carbocycles. The monoisotopic (exact) mass is 879 g/mol. The Kier molecular flexibility index (Phi) is 12.0. The molecular formula is C63H53N5. The lowest BCUT2D eigenvalue weighted by molar-refractivity contribution is 1.02. The second kappa shape index (κ2) is 18.8. The van der Waals surface area contributed by atoms with Crippen LogP contribution in [0.3, 0.4) is 0 Å². The highest BCUT2D eigenvalue weighted by Gasteiger charge is 2.24. The summed E-state index contributed by atoms with van der Waals surface area (Å²) in [5.41, 5.74) is 21.3. The van der Waals surface area contributed by atoms with Crippen LogP contribution < -0.4 is 9.80 Å². The number of aromatic nitrogens is 3. The van der Waals surface area contributed by atoms with Gasteiger partial charge in [0.05, 0.1) is 11.4 Å². The molecule has 5 nitrogen and oxygen atoms in total. The van der Waals surface area contributed by atoms with Crippen LogP contribution in [-0.4, -0.2) is 15.0 Å². The summed E-state index contributed by atoms with van der Waals surface area (Å²) in [6.07, 6.45) is 0. The van der Waals surface area contributed by atoms with Crippen LogP contribution in [0.2, 0.25) is 0 Å². The Morgan fingerprint density at radius 3 is 1.04 bits per heavy atom. The Labute approximate surface area is 400 Å². The first-order chi connectivity index (χ1) is 33.2. The minimum absolute atomic E-state index is 0.509. The van der Waals surface area contributed by atoms with Crippen molar-refractivity contribution in [2.75, 3.05) is 9.80 Å². The van der Waals surface area contributed by atoms with E-state index in [0.717, 1.165) is 50.4 Å². The van der Waals surface area contributed by atoms with E-state index in [0.29, 0.717) is 17.6 Å². The van der Waals surface area contributed by atoms with Crippen molar-refractivity contribution in [2.45, 2.75) is 41.5 Å². The van der Waals surface area contributed by atoms with Crippen molar-refractivity contribution >= 4 is 34.4 Å². The van der Waals surface area contributed by atoms with E-state index < -0.39 is 0 Å². The van der Waals surface area contributed by atoms with E-state index in [4.69, 9.17) is 15.0 Å². The average Bonchev–Trinajstić information content (AvgIpc) is 3.36. The van der Waals surface area contributed by atoms with Crippen LogP contribution in [0.1, 0.15) is 33.4 Å². The van der Waals surface area contributed by atoms with Gasteiger partial charge in [-0.1, -0.05) is 187 Å². The second-order valence-electron chi connectivity index (χ2n) is 17.7. The van der Waals surface area contributed by atoms with Gasteiger partial charge in [-0.05, 0) is 134 Å². The third-order valence-corrected chi connectivity index (χ3v) is 12.6. The van der Waals surface area contributed by atoms with Crippen molar-refractivity contribution < 1.29 is 0 Å². The van der Waals surface area contributed by atoms with Crippen molar-refractivity contribution in [1.29, 1.82) is 0 Å². The smallest absolute Gasteiger partial charge is 0.238 e. The highest BCUT2D eigenvalue weighted by atomic mass is 15.3. The van der Waals surface area contributed by atoms with E-state index in [1.54, 1.807) is 0 Å². The zero-order valence-electron chi connectivity index (χ0n) is 39.4. The normalized spacial score (nSPS) is 11.1. The van der Waals surface area contributed by atoms with Crippen molar-refractivity contribution in [3.63, 3.8) is 0 Å². The first-order valence-electron chi connectivity index (χ1n) is 23.3. The molecule has 0 unspecified atom stereocenters. The van der Waals surface area contributed by atoms with Crippen LogP contribution in [-0.2, 0) is 0 Å². The van der Waals surface area contributed by atoms with E-state index in [1.807, 2.05) is 24.3 Å². The van der Waals surface area contributed by atoms with Gasteiger partial charge in [0.25, 0.3) is 0 Å². The van der Waals surface area contributed by atoms with Gasteiger partial charge in [-0.15, -0.1) is 0 Å². The van der Waals surface area contributed by atoms with Gasteiger partial charge in [0, 0.05) is 28.2 Å². The molecule has 0 N–H and O–H groups in total. The van der Waals surface area contributed by atoms with Crippen molar-refractivity contribution in [3.8, 4) is 56.2 Å². The Morgan fingerprint density at radius 2 is 0.603 bits per heavy atom. The van der Waals surface area contributed by atoms with Crippen LogP contribution >= 0.6 is 0 Å². The van der Waals surface area contributed by atoms with Gasteiger partial charge >= 0.3 is 0 Å². The molecule has 10 rings (SSSR count). The molecule has 0 aliphatic rings. The Morgan fingerprint density at radius 1 is 0.279 bits per heavy atom. The fraction of sp³-hybridized carbons (Fsp3) is 0.0952. The standard InChI is InChI=1S/C63H53N5/c1-42-38-44(3)59(45(4)39-42)68(60-46(5)40-43(2)41-47(60)6)54-36-34-53(35-37-54)67(52-32-30-50(31-33-52)56-27-17-16-26-55(56)48-20-10-7-11-21-48)63-65-61(51-24-14-9-15-25-51)64-62(66-63)58-29-19-18-28-57(58)49-22-12-8-13-23-49/h7-41H,1-6H3. The lowest BCUT2D eigenvalue weighted by Gasteiger charge is -2.32. The summed E-state index contributed by atoms with van der Waals surface area (Å²) in [5.74, 6) is 1.68.